The lowest BCUT2D eigenvalue weighted by molar-refractivity contribution is -0.165. The number of aliphatic hydroxyl groups excluding tert-OH is 1. The highest BCUT2D eigenvalue weighted by Gasteiger charge is 2.26. The van der Waals surface area contributed by atoms with Crippen molar-refractivity contribution in [3.05, 3.63) is 29.6 Å². The predicted octanol–water partition coefficient (Wildman–Crippen LogP) is 1.77. The van der Waals surface area contributed by atoms with Crippen LogP contribution in [0.5, 0.6) is 0 Å². The number of pyridine rings is 1. The number of hydrogen-bond donors (Lipinski definition) is 1. The first kappa shape index (κ1) is 12.6. The van der Waals surface area contributed by atoms with E-state index in [2.05, 4.69) is 4.98 Å². The second kappa shape index (κ2) is 4.61. The topological polar surface area (TPSA) is 59.4 Å². The zero-order valence-corrected chi connectivity index (χ0v) is 10.0. The molecular formula is C12H17NO3. The van der Waals surface area contributed by atoms with Crippen LogP contribution in [0.3, 0.4) is 0 Å². The van der Waals surface area contributed by atoms with Gasteiger partial charge in [0.1, 0.15) is 5.60 Å². The van der Waals surface area contributed by atoms with E-state index in [0.717, 1.165) is 5.56 Å². The lowest BCUT2D eigenvalue weighted by Crippen LogP contribution is -2.28. The zero-order chi connectivity index (χ0) is 12.3. The van der Waals surface area contributed by atoms with Gasteiger partial charge in [0.25, 0.3) is 0 Å². The Morgan fingerprint density at radius 2 is 2.12 bits per heavy atom. The fourth-order valence-corrected chi connectivity index (χ4v) is 1.25. The van der Waals surface area contributed by atoms with Gasteiger partial charge in [-0.25, -0.2) is 4.79 Å². The molecule has 16 heavy (non-hydrogen) atoms. The quantitative estimate of drug-likeness (QED) is 0.776. The molecule has 1 aromatic rings. The van der Waals surface area contributed by atoms with E-state index in [4.69, 9.17) is 4.74 Å². The molecule has 0 spiro atoms. The first-order valence-corrected chi connectivity index (χ1v) is 5.14. The third-order valence-corrected chi connectivity index (χ3v) is 1.94. The summed E-state index contributed by atoms with van der Waals surface area (Å²) in [6.07, 6.45) is 0.219. The summed E-state index contributed by atoms with van der Waals surface area (Å²) in [6, 6.07) is 3.54. The highest BCUT2D eigenvalue weighted by Crippen LogP contribution is 2.19. The maximum Gasteiger partial charge on any atom is 0.341 e. The summed E-state index contributed by atoms with van der Waals surface area (Å²) in [5.74, 6) is -0.672. The molecule has 1 aromatic heterocycles. The molecule has 4 nitrogen and oxygen atoms in total. The maximum absolute atomic E-state index is 11.6. The third-order valence-electron chi connectivity index (χ3n) is 1.94. The standard InChI is InChI=1S/C12H17NO3/c1-8-6-5-7-13-9(8)10(14)11(15)16-12(2,3)4/h5-7,10,14H,1-4H3. The van der Waals surface area contributed by atoms with Crippen LogP contribution in [0.1, 0.15) is 38.1 Å². The van der Waals surface area contributed by atoms with Crippen LogP contribution in [0, 0.1) is 6.92 Å². The molecule has 1 heterocycles. The Kier molecular flexibility index (Phi) is 3.65. The molecule has 0 fully saturated rings. The number of hydrogen-bond acceptors (Lipinski definition) is 4. The van der Waals surface area contributed by atoms with Gasteiger partial charge in [0, 0.05) is 6.20 Å². The molecule has 0 bridgehead atoms. The minimum absolute atomic E-state index is 0.344. The van der Waals surface area contributed by atoms with Gasteiger partial charge in [-0.2, -0.15) is 0 Å². The van der Waals surface area contributed by atoms with Crippen LogP contribution in [-0.4, -0.2) is 21.7 Å². The number of aryl methyl sites for hydroxylation is 1. The van der Waals surface area contributed by atoms with Gasteiger partial charge in [-0.1, -0.05) is 6.07 Å². The molecule has 0 aromatic carbocycles. The lowest BCUT2D eigenvalue weighted by atomic mass is 10.1. The lowest BCUT2D eigenvalue weighted by Gasteiger charge is -2.21. The van der Waals surface area contributed by atoms with Gasteiger partial charge in [0.15, 0.2) is 6.10 Å². The molecule has 1 unspecified atom stereocenters. The highest BCUT2D eigenvalue weighted by molar-refractivity contribution is 5.76. The van der Waals surface area contributed by atoms with Crippen LogP contribution in [0.15, 0.2) is 18.3 Å². The Balaban J connectivity index is 2.83. The Morgan fingerprint density at radius 3 is 2.62 bits per heavy atom. The molecule has 0 amide bonds. The van der Waals surface area contributed by atoms with Crippen molar-refractivity contribution < 1.29 is 14.6 Å². The molecule has 1 atom stereocenters. The van der Waals surface area contributed by atoms with Crippen molar-refractivity contribution in [2.24, 2.45) is 0 Å². The summed E-state index contributed by atoms with van der Waals surface area (Å²) in [6.45, 7) is 7.05. The van der Waals surface area contributed by atoms with E-state index in [0.29, 0.717) is 5.69 Å². The average Bonchev–Trinajstić information content (AvgIpc) is 2.15. The molecule has 0 saturated carbocycles. The molecule has 0 aliphatic carbocycles. The minimum atomic E-state index is -1.32. The first-order valence-electron chi connectivity index (χ1n) is 5.14. The smallest absolute Gasteiger partial charge is 0.341 e. The van der Waals surface area contributed by atoms with Crippen LogP contribution >= 0.6 is 0 Å². The number of aromatic nitrogens is 1. The van der Waals surface area contributed by atoms with Gasteiger partial charge in [-0.3, -0.25) is 4.98 Å². The second-order valence-corrected chi connectivity index (χ2v) is 4.64. The van der Waals surface area contributed by atoms with Crippen molar-refractivity contribution in [2.75, 3.05) is 0 Å². The maximum atomic E-state index is 11.6. The number of aliphatic hydroxyl groups is 1. The van der Waals surface area contributed by atoms with E-state index in [-0.39, 0.29) is 0 Å². The molecule has 1 N–H and O–H groups in total. The molecule has 1 rings (SSSR count). The SMILES string of the molecule is Cc1cccnc1C(O)C(=O)OC(C)(C)C. The van der Waals surface area contributed by atoms with Gasteiger partial charge in [-0.05, 0) is 39.3 Å². The van der Waals surface area contributed by atoms with Crippen molar-refractivity contribution >= 4 is 5.97 Å². The molecular weight excluding hydrogens is 206 g/mol. The molecule has 4 heteroatoms. The van der Waals surface area contributed by atoms with Gasteiger partial charge in [-0.15, -0.1) is 0 Å². The first-order chi connectivity index (χ1) is 7.31. The molecule has 0 aliphatic rings. The number of carbonyl (C=O) groups is 1. The summed E-state index contributed by atoms with van der Waals surface area (Å²) in [7, 11) is 0. The number of esters is 1. The molecule has 0 saturated heterocycles. The summed E-state index contributed by atoms with van der Waals surface area (Å²) in [5, 5.41) is 9.80. The van der Waals surface area contributed by atoms with Gasteiger partial charge < -0.3 is 9.84 Å². The largest absolute Gasteiger partial charge is 0.458 e. The van der Waals surface area contributed by atoms with E-state index < -0.39 is 17.7 Å². The fourth-order valence-electron chi connectivity index (χ4n) is 1.25. The highest BCUT2D eigenvalue weighted by atomic mass is 16.6. The van der Waals surface area contributed by atoms with E-state index in [1.807, 2.05) is 0 Å². The Hall–Kier alpha value is -1.42. The third kappa shape index (κ3) is 3.31. The predicted molar refractivity (Wildman–Crippen MR) is 59.8 cm³/mol. The number of rotatable bonds is 2. The van der Waals surface area contributed by atoms with E-state index in [9.17, 15) is 9.90 Å². The number of nitrogens with zero attached hydrogens (tertiary/aromatic N) is 1. The van der Waals surface area contributed by atoms with Crippen LogP contribution in [0.2, 0.25) is 0 Å². The van der Waals surface area contributed by atoms with E-state index in [1.165, 1.54) is 6.20 Å². The Morgan fingerprint density at radius 1 is 1.50 bits per heavy atom. The Labute approximate surface area is 95.3 Å². The van der Waals surface area contributed by atoms with Crippen molar-refractivity contribution in [3.8, 4) is 0 Å². The summed E-state index contributed by atoms with van der Waals surface area (Å²) in [5.41, 5.74) is 0.499. The normalized spacial score (nSPS) is 13.3. The number of ether oxygens (including phenoxy) is 1. The van der Waals surface area contributed by atoms with Crippen molar-refractivity contribution in [3.63, 3.8) is 0 Å². The average molecular weight is 223 g/mol. The van der Waals surface area contributed by atoms with Gasteiger partial charge >= 0.3 is 5.97 Å². The molecule has 0 radical (unpaired) electrons. The minimum Gasteiger partial charge on any atom is -0.458 e. The van der Waals surface area contributed by atoms with Gasteiger partial charge in [0.05, 0.1) is 5.69 Å². The summed E-state index contributed by atoms with van der Waals surface area (Å²) in [4.78, 5) is 15.6. The second-order valence-electron chi connectivity index (χ2n) is 4.64. The fraction of sp³-hybridized carbons (Fsp3) is 0.500. The van der Waals surface area contributed by atoms with Crippen LogP contribution in [-0.2, 0) is 9.53 Å². The molecule has 88 valence electrons. The summed E-state index contributed by atoms with van der Waals surface area (Å²) < 4.78 is 5.08. The van der Waals surface area contributed by atoms with Crippen LogP contribution in [0.25, 0.3) is 0 Å². The summed E-state index contributed by atoms with van der Waals surface area (Å²) >= 11 is 0. The van der Waals surface area contributed by atoms with Crippen LogP contribution < -0.4 is 0 Å². The van der Waals surface area contributed by atoms with Crippen LogP contribution in [0.4, 0.5) is 0 Å². The van der Waals surface area contributed by atoms with E-state index in [1.54, 1.807) is 39.8 Å². The van der Waals surface area contributed by atoms with Gasteiger partial charge in [0.2, 0.25) is 0 Å². The monoisotopic (exact) mass is 223 g/mol. The van der Waals surface area contributed by atoms with Crippen molar-refractivity contribution in [1.82, 2.24) is 4.98 Å². The molecule has 0 aliphatic heterocycles. The number of carbonyl (C=O) groups excluding carboxylic acids is 1. The van der Waals surface area contributed by atoms with E-state index >= 15 is 0 Å². The Bertz CT molecular complexity index is 382. The zero-order valence-electron chi connectivity index (χ0n) is 10.0. The van der Waals surface area contributed by atoms with Crippen molar-refractivity contribution in [2.45, 2.75) is 39.4 Å². The van der Waals surface area contributed by atoms with Crippen molar-refractivity contribution in [1.29, 1.82) is 0 Å².